The number of carbonyl (C=O) groups excluding carboxylic acids is 1. The maximum Gasteiger partial charge on any atom is 0.308 e. The Kier molecular flexibility index (Phi) is 2.94. The first kappa shape index (κ1) is 12.3. The van der Waals surface area contributed by atoms with E-state index in [2.05, 4.69) is 10.1 Å². The lowest BCUT2D eigenvalue weighted by Gasteiger charge is -2.16. The molecule has 0 radical (unpaired) electrons. The van der Waals surface area contributed by atoms with Crippen LogP contribution in [0.4, 0.5) is 5.69 Å². The number of carboxylic acids is 1. The van der Waals surface area contributed by atoms with Crippen molar-refractivity contribution in [1.82, 2.24) is 14.8 Å². The molecular formula is C13H12N4O3. The van der Waals surface area contributed by atoms with Crippen LogP contribution >= 0.6 is 0 Å². The summed E-state index contributed by atoms with van der Waals surface area (Å²) in [5.74, 6) is -1.72. The van der Waals surface area contributed by atoms with Crippen LogP contribution in [0.1, 0.15) is 6.42 Å². The zero-order valence-electron chi connectivity index (χ0n) is 10.5. The molecule has 1 unspecified atom stereocenters. The molecule has 1 aromatic heterocycles. The quantitative estimate of drug-likeness (QED) is 0.888. The molecule has 20 heavy (non-hydrogen) atoms. The van der Waals surface area contributed by atoms with Gasteiger partial charge in [-0.3, -0.25) is 9.59 Å². The Balaban J connectivity index is 1.82. The standard InChI is InChI=1S/C13H12N4O3/c18-12-5-9(13(19)20)6-16(12)10-1-3-11(4-2-10)17-8-14-7-15-17/h1-4,7-9H,5-6H2,(H,19,20). The van der Waals surface area contributed by atoms with Crippen molar-refractivity contribution in [2.45, 2.75) is 6.42 Å². The maximum absolute atomic E-state index is 11.8. The Hall–Kier alpha value is -2.70. The lowest BCUT2D eigenvalue weighted by molar-refractivity contribution is -0.141. The highest BCUT2D eigenvalue weighted by atomic mass is 16.4. The van der Waals surface area contributed by atoms with E-state index >= 15 is 0 Å². The number of anilines is 1. The van der Waals surface area contributed by atoms with E-state index in [0.29, 0.717) is 5.69 Å². The van der Waals surface area contributed by atoms with Crippen molar-refractivity contribution in [2.24, 2.45) is 5.92 Å². The number of benzene rings is 1. The SMILES string of the molecule is O=C(O)C1CC(=O)N(c2ccc(-n3cncn3)cc2)C1. The van der Waals surface area contributed by atoms with Gasteiger partial charge in [-0.2, -0.15) is 5.10 Å². The number of amides is 1. The highest BCUT2D eigenvalue weighted by molar-refractivity contribution is 5.99. The van der Waals surface area contributed by atoms with Crippen molar-refractivity contribution in [3.63, 3.8) is 0 Å². The van der Waals surface area contributed by atoms with Crippen LogP contribution in [0.3, 0.4) is 0 Å². The van der Waals surface area contributed by atoms with Gasteiger partial charge in [-0.15, -0.1) is 0 Å². The zero-order valence-corrected chi connectivity index (χ0v) is 10.5. The van der Waals surface area contributed by atoms with E-state index in [1.807, 2.05) is 12.1 Å². The molecule has 7 heteroatoms. The van der Waals surface area contributed by atoms with Crippen LogP contribution in [0, 0.1) is 5.92 Å². The predicted octanol–water partition coefficient (Wildman–Crippen LogP) is 0.705. The number of carbonyl (C=O) groups is 2. The molecule has 1 amide bonds. The minimum atomic E-state index is -0.930. The van der Waals surface area contributed by atoms with E-state index in [1.165, 1.54) is 11.2 Å². The molecule has 1 N–H and O–H groups in total. The van der Waals surface area contributed by atoms with Crippen LogP contribution in [-0.4, -0.2) is 38.3 Å². The van der Waals surface area contributed by atoms with Gasteiger partial charge in [-0.1, -0.05) is 0 Å². The van der Waals surface area contributed by atoms with Crippen LogP contribution in [0.5, 0.6) is 0 Å². The third kappa shape index (κ3) is 2.13. The van der Waals surface area contributed by atoms with Gasteiger partial charge in [0.15, 0.2) is 0 Å². The lowest BCUT2D eigenvalue weighted by Crippen LogP contribution is -2.25. The average molecular weight is 272 g/mol. The van der Waals surface area contributed by atoms with Crippen LogP contribution in [0.2, 0.25) is 0 Å². The van der Waals surface area contributed by atoms with E-state index in [4.69, 9.17) is 5.11 Å². The number of carboxylic acid groups (broad SMARTS) is 1. The zero-order chi connectivity index (χ0) is 14.1. The summed E-state index contributed by atoms with van der Waals surface area (Å²) in [5, 5.41) is 13.0. The first-order chi connectivity index (χ1) is 9.65. The molecular weight excluding hydrogens is 260 g/mol. The molecule has 7 nitrogen and oxygen atoms in total. The number of aliphatic carboxylic acids is 1. The summed E-state index contributed by atoms with van der Waals surface area (Å²) < 4.78 is 1.61. The smallest absolute Gasteiger partial charge is 0.308 e. The predicted molar refractivity (Wildman–Crippen MR) is 69.5 cm³/mol. The summed E-state index contributed by atoms with van der Waals surface area (Å²) >= 11 is 0. The van der Waals surface area contributed by atoms with Crippen LogP contribution < -0.4 is 4.90 Å². The van der Waals surface area contributed by atoms with Crippen molar-refractivity contribution in [3.05, 3.63) is 36.9 Å². The molecule has 0 aliphatic carbocycles. The second-order valence-electron chi connectivity index (χ2n) is 4.60. The van der Waals surface area contributed by atoms with E-state index in [9.17, 15) is 9.59 Å². The average Bonchev–Trinajstić information content (AvgIpc) is 3.08. The highest BCUT2D eigenvalue weighted by Gasteiger charge is 2.34. The van der Waals surface area contributed by atoms with E-state index in [1.54, 1.807) is 23.1 Å². The molecule has 3 rings (SSSR count). The largest absolute Gasteiger partial charge is 0.481 e. The Morgan fingerprint density at radius 2 is 1.95 bits per heavy atom. The minimum absolute atomic E-state index is 0.0557. The Bertz CT molecular complexity index is 636. The minimum Gasteiger partial charge on any atom is -0.481 e. The third-order valence-corrected chi connectivity index (χ3v) is 3.32. The number of hydrogen-bond donors (Lipinski definition) is 1. The lowest BCUT2D eigenvalue weighted by atomic mass is 10.1. The molecule has 0 bridgehead atoms. The van der Waals surface area contributed by atoms with E-state index in [-0.39, 0.29) is 18.9 Å². The van der Waals surface area contributed by atoms with Crippen molar-refractivity contribution in [2.75, 3.05) is 11.4 Å². The van der Waals surface area contributed by atoms with Crippen molar-refractivity contribution < 1.29 is 14.7 Å². The van der Waals surface area contributed by atoms with Gasteiger partial charge in [0, 0.05) is 18.7 Å². The Morgan fingerprint density at radius 3 is 2.50 bits per heavy atom. The molecule has 0 spiro atoms. The maximum atomic E-state index is 11.8. The monoisotopic (exact) mass is 272 g/mol. The normalized spacial score (nSPS) is 18.5. The molecule has 1 aliphatic rings. The first-order valence-electron chi connectivity index (χ1n) is 6.13. The number of hydrogen-bond acceptors (Lipinski definition) is 4. The fraction of sp³-hybridized carbons (Fsp3) is 0.231. The van der Waals surface area contributed by atoms with Gasteiger partial charge in [0.2, 0.25) is 5.91 Å². The van der Waals surface area contributed by atoms with Crippen LogP contribution in [0.15, 0.2) is 36.9 Å². The second kappa shape index (κ2) is 4.76. The van der Waals surface area contributed by atoms with E-state index < -0.39 is 11.9 Å². The van der Waals surface area contributed by atoms with Crippen molar-refractivity contribution in [3.8, 4) is 5.69 Å². The first-order valence-corrected chi connectivity index (χ1v) is 6.13. The molecule has 2 aromatic rings. The van der Waals surface area contributed by atoms with Gasteiger partial charge < -0.3 is 10.0 Å². The fourth-order valence-electron chi connectivity index (χ4n) is 2.25. The molecule has 2 heterocycles. The molecule has 1 aliphatic heterocycles. The number of aromatic nitrogens is 3. The van der Waals surface area contributed by atoms with Gasteiger partial charge >= 0.3 is 5.97 Å². The Labute approximate surface area is 114 Å². The molecule has 1 aromatic carbocycles. The van der Waals surface area contributed by atoms with E-state index in [0.717, 1.165) is 5.69 Å². The molecule has 102 valence electrons. The molecule has 1 atom stereocenters. The fourth-order valence-corrected chi connectivity index (χ4v) is 2.25. The summed E-state index contributed by atoms with van der Waals surface area (Å²) in [7, 11) is 0. The van der Waals surface area contributed by atoms with Crippen molar-refractivity contribution in [1.29, 1.82) is 0 Å². The van der Waals surface area contributed by atoms with Gasteiger partial charge in [0.1, 0.15) is 12.7 Å². The van der Waals surface area contributed by atoms with Gasteiger partial charge in [-0.05, 0) is 24.3 Å². The topological polar surface area (TPSA) is 88.3 Å². The summed E-state index contributed by atoms with van der Waals surface area (Å²) in [6.07, 6.45) is 3.08. The molecule has 0 saturated carbocycles. The second-order valence-corrected chi connectivity index (χ2v) is 4.60. The molecule has 1 fully saturated rings. The highest BCUT2D eigenvalue weighted by Crippen LogP contribution is 2.25. The third-order valence-electron chi connectivity index (χ3n) is 3.32. The number of rotatable bonds is 3. The molecule has 1 saturated heterocycles. The summed E-state index contributed by atoms with van der Waals surface area (Å²) in [4.78, 5) is 28.1. The summed E-state index contributed by atoms with van der Waals surface area (Å²) in [5.41, 5.74) is 1.52. The number of nitrogens with zero attached hydrogens (tertiary/aromatic N) is 4. The Morgan fingerprint density at radius 1 is 1.25 bits per heavy atom. The summed E-state index contributed by atoms with van der Waals surface area (Å²) in [6.45, 7) is 0.219. The van der Waals surface area contributed by atoms with Gasteiger partial charge in [0.05, 0.1) is 11.6 Å². The van der Waals surface area contributed by atoms with Gasteiger partial charge in [0.25, 0.3) is 0 Å². The van der Waals surface area contributed by atoms with Crippen LogP contribution in [-0.2, 0) is 9.59 Å². The summed E-state index contributed by atoms with van der Waals surface area (Å²) in [6, 6.07) is 7.18. The van der Waals surface area contributed by atoms with Crippen LogP contribution in [0.25, 0.3) is 5.69 Å². The van der Waals surface area contributed by atoms with Gasteiger partial charge in [-0.25, -0.2) is 9.67 Å². The van der Waals surface area contributed by atoms with Crippen molar-refractivity contribution >= 4 is 17.6 Å².